The van der Waals surface area contributed by atoms with Crippen molar-refractivity contribution in [2.45, 2.75) is 193 Å². The zero-order valence-corrected chi connectivity index (χ0v) is 36.0. The Balaban J connectivity index is 4.23. The fourth-order valence-electron chi connectivity index (χ4n) is 5.87. The molecule has 0 radical (unpaired) electrons. The molecule has 0 aromatic rings. The minimum absolute atomic E-state index is 0.0670. The number of unbranched alkanes of at least 4 members (excludes halogenated alkanes) is 18. The molecule has 55 heavy (non-hydrogen) atoms. The molecule has 0 aromatic carbocycles. The van der Waals surface area contributed by atoms with E-state index in [0.717, 1.165) is 77.0 Å². The number of aliphatic hydroxyl groups excluding tert-OH is 1. The van der Waals surface area contributed by atoms with Crippen molar-refractivity contribution in [1.82, 2.24) is 5.32 Å². The van der Waals surface area contributed by atoms with Gasteiger partial charge < -0.3 is 21.1 Å². The van der Waals surface area contributed by atoms with E-state index < -0.39 is 20.0 Å². The first kappa shape index (κ1) is 52.9. The normalized spacial score (nSPS) is 14.8. The number of carbonyl (C=O) groups excluding carboxylic acids is 1. The molecular weight excluding hydrogens is 707 g/mol. The summed E-state index contributed by atoms with van der Waals surface area (Å²) in [6, 6.07) is -0.890. The first-order valence-electron chi connectivity index (χ1n) is 22.1. The molecule has 0 aliphatic rings. The maximum absolute atomic E-state index is 12.8. The van der Waals surface area contributed by atoms with Gasteiger partial charge in [-0.25, -0.2) is 4.57 Å². The summed E-state index contributed by atoms with van der Waals surface area (Å²) in [6.45, 7) is 4.04. The van der Waals surface area contributed by atoms with Gasteiger partial charge in [-0.05, 0) is 83.5 Å². The third-order valence-electron chi connectivity index (χ3n) is 9.23. The number of carbonyl (C=O) groups is 1. The van der Waals surface area contributed by atoms with Crippen LogP contribution in [0, 0.1) is 0 Å². The molecule has 0 heterocycles. The summed E-state index contributed by atoms with van der Waals surface area (Å²) < 4.78 is 22.1. The Morgan fingerprint density at radius 2 is 1.02 bits per heavy atom. The van der Waals surface area contributed by atoms with Crippen LogP contribution in [0.15, 0.2) is 72.9 Å². The Morgan fingerprint density at radius 3 is 1.56 bits per heavy atom. The molecule has 3 unspecified atom stereocenters. The van der Waals surface area contributed by atoms with Gasteiger partial charge in [0.2, 0.25) is 5.91 Å². The number of hydrogen-bond donors (Lipinski definition) is 4. The maximum atomic E-state index is 12.8. The summed E-state index contributed by atoms with van der Waals surface area (Å²) in [4.78, 5) is 22.7. The van der Waals surface area contributed by atoms with Crippen LogP contribution in [0.1, 0.15) is 181 Å². The van der Waals surface area contributed by atoms with Crippen molar-refractivity contribution >= 4 is 13.7 Å². The molecule has 8 nitrogen and oxygen atoms in total. The van der Waals surface area contributed by atoms with Gasteiger partial charge in [0, 0.05) is 13.0 Å². The maximum Gasteiger partial charge on any atom is 0.472 e. The summed E-state index contributed by atoms with van der Waals surface area (Å²) in [5, 5.41) is 13.6. The molecule has 0 aromatic heterocycles. The zero-order chi connectivity index (χ0) is 40.3. The quantitative estimate of drug-likeness (QED) is 0.0276. The molecule has 9 heteroatoms. The van der Waals surface area contributed by atoms with E-state index in [4.69, 9.17) is 14.8 Å². The number of phosphoric ester groups is 1. The predicted octanol–water partition coefficient (Wildman–Crippen LogP) is 12.4. The van der Waals surface area contributed by atoms with Gasteiger partial charge in [0.15, 0.2) is 0 Å². The fraction of sp³-hybridized carbons (Fsp3) is 0.717. The van der Waals surface area contributed by atoms with Gasteiger partial charge in [-0.1, -0.05) is 164 Å². The second-order valence-corrected chi connectivity index (χ2v) is 16.0. The third-order valence-corrected chi connectivity index (χ3v) is 10.2. The van der Waals surface area contributed by atoms with Gasteiger partial charge in [0.1, 0.15) is 0 Å². The monoisotopic (exact) mass is 791 g/mol. The van der Waals surface area contributed by atoms with Crippen LogP contribution in [0.2, 0.25) is 0 Å². The molecular formula is C46H83N2O6P. The summed E-state index contributed by atoms with van der Waals surface area (Å²) in [6.07, 6.45) is 53.8. The first-order valence-corrected chi connectivity index (χ1v) is 23.6. The van der Waals surface area contributed by atoms with Crippen LogP contribution in [0.25, 0.3) is 0 Å². The van der Waals surface area contributed by atoms with E-state index in [0.29, 0.717) is 6.42 Å². The summed E-state index contributed by atoms with van der Waals surface area (Å²) in [5.41, 5.74) is 5.36. The molecule has 0 aliphatic carbocycles. The van der Waals surface area contributed by atoms with Crippen LogP contribution >= 0.6 is 7.82 Å². The Kier molecular flexibility index (Phi) is 40.0. The highest BCUT2D eigenvalue weighted by Gasteiger charge is 2.26. The van der Waals surface area contributed by atoms with Crippen molar-refractivity contribution in [3.05, 3.63) is 72.9 Å². The SMILES string of the molecule is CCCCC/C=C/CC/C=C/CC/C=C/C(O)C(COP(=O)(O)OCCN)NC(=O)CCCCCCCCCC/C=C\C/C=C\C/C=C\CCCCCCC. The average Bonchev–Trinajstić information content (AvgIpc) is 3.17. The number of nitrogens with two attached hydrogens (primary N) is 1. The van der Waals surface area contributed by atoms with Crippen LogP contribution in [-0.2, 0) is 18.4 Å². The molecule has 0 saturated heterocycles. The fourth-order valence-corrected chi connectivity index (χ4v) is 6.63. The van der Waals surface area contributed by atoms with Crippen molar-refractivity contribution in [1.29, 1.82) is 0 Å². The lowest BCUT2D eigenvalue weighted by Crippen LogP contribution is -2.45. The van der Waals surface area contributed by atoms with Crippen molar-refractivity contribution in [2.24, 2.45) is 5.73 Å². The van der Waals surface area contributed by atoms with Crippen LogP contribution < -0.4 is 11.1 Å². The molecule has 3 atom stereocenters. The zero-order valence-electron chi connectivity index (χ0n) is 35.1. The van der Waals surface area contributed by atoms with Crippen molar-refractivity contribution in [3.8, 4) is 0 Å². The highest BCUT2D eigenvalue weighted by molar-refractivity contribution is 7.47. The molecule has 0 spiro atoms. The lowest BCUT2D eigenvalue weighted by Gasteiger charge is -2.23. The number of aliphatic hydroxyl groups is 1. The van der Waals surface area contributed by atoms with Crippen molar-refractivity contribution < 1.29 is 28.4 Å². The van der Waals surface area contributed by atoms with E-state index in [9.17, 15) is 19.4 Å². The molecule has 1 amide bonds. The molecule has 5 N–H and O–H groups in total. The van der Waals surface area contributed by atoms with E-state index in [2.05, 4.69) is 79.9 Å². The largest absolute Gasteiger partial charge is 0.472 e. The van der Waals surface area contributed by atoms with Gasteiger partial charge in [0.25, 0.3) is 0 Å². The minimum Gasteiger partial charge on any atom is -0.387 e. The summed E-state index contributed by atoms with van der Waals surface area (Å²) >= 11 is 0. The van der Waals surface area contributed by atoms with Crippen LogP contribution in [0.4, 0.5) is 0 Å². The molecule has 0 rings (SSSR count). The van der Waals surface area contributed by atoms with Crippen molar-refractivity contribution in [3.63, 3.8) is 0 Å². The van der Waals surface area contributed by atoms with Gasteiger partial charge in [-0.15, -0.1) is 0 Å². The molecule has 0 aliphatic heterocycles. The highest BCUT2D eigenvalue weighted by Crippen LogP contribution is 2.43. The Labute approximate surface area is 337 Å². The number of phosphoric acid groups is 1. The molecule has 0 bridgehead atoms. The van der Waals surface area contributed by atoms with Crippen LogP contribution in [0.5, 0.6) is 0 Å². The molecule has 0 saturated carbocycles. The van der Waals surface area contributed by atoms with Gasteiger partial charge in [-0.3, -0.25) is 13.8 Å². The van der Waals surface area contributed by atoms with Gasteiger partial charge in [0.05, 0.1) is 25.4 Å². The van der Waals surface area contributed by atoms with Crippen molar-refractivity contribution in [2.75, 3.05) is 19.8 Å². The van der Waals surface area contributed by atoms with E-state index >= 15 is 0 Å². The lowest BCUT2D eigenvalue weighted by atomic mass is 10.1. The van der Waals surface area contributed by atoms with E-state index in [-0.39, 0.29) is 25.7 Å². The topological polar surface area (TPSA) is 131 Å². The van der Waals surface area contributed by atoms with E-state index in [1.54, 1.807) is 6.08 Å². The number of rotatable bonds is 40. The summed E-state index contributed by atoms with van der Waals surface area (Å²) in [5.74, 6) is -0.220. The van der Waals surface area contributed by atoms with Crippen LogP contribution in [0.3, 0.4) is 0 Å². The second-order valence-electron chi connectivity index (χ2n) is 14.5. The Hall–Kier alpha value is -2.06. The number of amides is 1. The average molecular weight is 791 g/mol. The Bertz CT molecular complexity index is 1090. The predicted molar refractivity (Wildman–Crippen MR) is 235 cm³/mol. The second kappa shape index (κ2) is 41.6. The van der Waals surface area contributed by atoms with E-state index in [1.165, 1.54) is 83.5 Å². The highest BCUT2D eigenvalue weighted by atomic mass is 31.2. The lowest BCUT2D eigenvalue weighted by molar-refractivity contribution is -0.123. The van der Waals surface area contributed by atoms with Gasteiger partial charge in [-0.2, -0.15) is 0 Å². The van der Waals surface area contributed by atoms with Gasteiger partial charge >= 0.3 is 7.82 Å². The minimum atomic E-state index is -4.35. The summed E-state index contributed by atoms with van der Waals surface area (Å²) in [7, 11) is -4.35. The smallest absolute Gasteiger partial charge is 0.387 e. The molecule has 0 fully saturated rings. The van der Waals surface area contributed by atoms with Crippen LogP contribution in [-0.4, -0.2) is 47.8 Å². The number of allylic oxidation sites excluding steroid dienone is 11. The number of hydrogen-bond acceptors (Lipinski definition) is 6. The standard InChI is InChI=1S/C46H83N2O6P/c1-3-5-7-9-11-13-15-17-18-19-20-21-22-23-24-25-26-28-30-32-34-36-38-40-46(50)48-44(43-54-55(51,52)53-42-41-47)45(49)39-37-35-33-31-29-27-16-14-12-10-8-6-4-2/h12,14-15,17,19-20,22-23,29,31,37,39,44-45,49H,3-11,13,16,18,21,24-28,30,32-36,38,40-43,47H2,1-2H3,(H,48,50)(H,51,52)/b14-12+,17-15-,20-19-,23-22-,31-29+,39-37+. The number of nitrogens with one attached hydrogen (secondary N) is 1. The van der Waals surface area contributed by atoms with E-state index in [1.807, 2.05) is 6.08 Å². The Morgan fingerprint density at radius 1 is 0.600 bits per heavy atom. The molecule has 318 valence electrons. The first-order chi connectivity index (χ1) is 26.9. The third kappa shape index (κ3) is 40.0.